The van der Waals surface area contributed by atoms with E-state index in [1.54, 1.807) is 36.7 Å². The van der Waals surface area contributed by atoms with Gasteiger partial charge in [-0.05, 0) is 36.8 Å². The van der Waals surface area contributed by atoms with E-state index in [0.717, 1.165) is 5.56 Å². The Morgan fingerprint density at radius 3 is 2.52 bits per heavy atom. The van der Waals surface area contributed by atoms with Gasteiger partial charge in [-0.15, -0.1) is 0 Å². The normalized spacial score (nSPS) is 10.0. The summed E-state index contributed by atoms with van der Waals surface area (Å²) in [6, 6.07) is 8.53. The number of carbonyl (C=O) groups is 2. The summed E-state index contributed by atoms with van der Waals surface area (Å²) in [7, 11) is 0. The number of anilines is 2. The van der Waals surface area contributed by atoms with E-state index in [1.165, 1.54) is 0 Å². The van der Waals surface area contributed by atoms with Gasteiger partial charge in [0.2, 0.25) is 5.91 Å². The monoisotopic (exact) mass is 284 g/mol. The lowest BCUT2D eigenvalue weighted by Crippen LogP contribution is -2.22. The number of amides is 2. The number of hydrogen-bond donors (Lipinski definition) is 3. The van der Waals surface area contributed by atoms with Crippen LogP contribution in [0.5, 0.6) is 0 Å². The van der Waals surface area contributed by atoms with Gasteiger partial charge in [-0.25, -0.2) is 0 Å². The Bertz CT molecular complexity index is 656. The van der Waals surface area contributed by atoms with Crippen LogP contribution >= 0.6 is 0 Å². The van der Waals surface area contributed by atoms with E-state index < -0.39 is 0 Å². The van der Waals surface area contributed by atoms with Gasteiger partial charge in [-0.3, -0.25) is 14.6 Å². The number of nitrogens with zero attached hydrogens (tertiary/aromatic N) is 1. The van der Waals surface area contributed by atoms with Crippen LogP contribution in [0.2, 0.25) is 0 Å². The molecule has 6 nitrogen and oxygen atoms in total. The number of aromatic nitrogens is 1. The molecule has 1 aromatic carbocycles. The fourth-order valence-electron chi connectivity index (χ4n) is 1.74. The number of nitrogens with one attached hydrogen (secondary N) is 2. The van der Waals surface area contributed by atoms with Crippen LogP contribution in [-0.4, -0.2) is 23.3 Å². The summed E-state index contributed by atoms with van der Waals surface area (Å²) in [5.74, 6) is -0.520. The molecule has 108 valence electrons. The quantitative estimate of drug-likeness (QED) is 0.793. The minimum atomic E-state index is -0.282. The number of nitrogens with two attached hydrogens (primary N) is 1. The molecule has 6 heteroatoms. The van der Waals surface area contributed by atoms with Crippen LogP contribution in [-0.2, 0) is 4.79 Å². The topological polar surface area (TPSA) is 97.1 Å². The smallest absolute Gasteiger partial charge is 0.255 e. The average molecular weight is 284 g/mol. The van der Waals surface area contributed by atoms with Crippen LogP contribution in [0.4, 0.5) is 11.4 Å². The Labute approximate surface area is 122 Å². The highest BCUT2D eigenvalue weighted by Crippen LogP contribution is 2.20. The summed E-state index contributed by atoms with van der Waals surface area (Å²) in [4.78, 5) is 27.3. The first kappa shape index (κ1) is 14.7. The van der Waals surface area contributed by atoms with Gasteiger partial charge in [-0.1, -0.05) is 6.07 Å². The van der Waals surface area contributed by atoms with Crippen molar-refractivity contribution in [3.05, 3.63) is 53.9 Å². The first-order valence-electron chi connectivity index (χ1n) is 6.42. The summed E-state index contributed by atoms with van der Waals surface area (Å²) in [6.45, 7) is 1.77. The van der Waals surface area contributed by atoms with Crippen LogP contribution in [0.15, 0.2) is 42.7 Å². The molecule has 4 N–H and O–H groups in total. The van der Waals surface area contributed by atoms with E-state index in [4.69, 9.17) is 5.73 Å². The minimum absolute atomic E-state index is 0.0902. The molecular weight excluding hydrogens is 268 g/mol. The predicted molar refractivity (Wildman–Crippen MR) is 81.1 cm³/mol. The van der Waals surface area contributed by atoms with Gasteiger partial charge in [0.05, 0.1) is 6.54 Å². The minimum Gasteiger partial charge on any atom is -0.325 e. The SMILES string of the molecule is Cc1ccc(NC(=O)c2ccncc2)cc1NC(=O)CN. The van der Waals surface area contributed by atoms with Gasteiger partial charge < -0.3 is 16.4 Å². The maximum absolute atomic E-state index is 12.0. The Balaban J connectivity index is 2.16. The molecule has 0 radical (unpaired) electrons. The highest BCUT2D eigenvalue weighted by atomic mass is 16.2. The standard InChI is InChI=1S/C15H16N4O2/c1-10-2-3-12(8-13(10)19-14(20)9-16)18-15(21)11-4-6-17-7-5-11/h2-8H,9,16H2,1H3,(H,18,21)(H,19,20). The second-order valence-electron chi connectivity index (χ2n) is 4.47. The highest BCUT2D eigenvalue weighted by molar-refractivity contribution is 6.04. The molecule has 0 spiro atoms. The molecule has 0 aliphatic heterocycles. The Morgan fingerprint density at radius 1 is 1.14 bits per heavy atom. The number of carbonyl (C=O) groups excluding carboxylic acids is 2. The van der Waals surface area contributed by atoms with Crippen molar-refractivity contribution < 1.29 is 9.59 Å². The Hall–Kier alpha value is -2.73. The molecular formula is C15H16N4O2. The van der Waals surface area contributed by atoms with Gasteiger partial charge >= 0.3 is 0 Å². The summed E-state index contributed by atoms with van der Waals surface area (Å²) in [6.07, 6.45) is 3.11. The Kier molecular flexibility index (Phi) is 4.63. The number of pyridine rings is 1. The molecule has 1 heterocycles. The van der Waals surface area contributed by atoms with Crippen LogP contribution in [0.1, 0.15) is 15.9 Å². The lowest BCUT2D eigenvalue weighted by Gasteiger charge is -2.11. The molecule has 0 bridgehead atoms. The molecule has 0 saturated heterocycles. The van der Waals surface area contributed by atoms with Crippen molar-refractivity contribution in [2.45, 2.75) is 6.92 Å². The van der Waals surface area contributed by atoms with Gasteiger partial charge in [0, 0.05) is 29.3 Å². The van der Waals surface area contributed by atoms with Gasteiger partial charge in [0.25, 0.3) is 5.91 Å². The van der Waals surface area contributed by atoms with E-state index >= 15 is 0 Å². The zero-order chi connectivity index (χ0) is 15.2. The molecule has 0 aliphatic rings. The molecule has 2 rings (SSSR count). The van der Waals surface area contributed by atoms with Crippen molar-refractivity contribution >= 4 is 23.2 Å². The summed E-state index contributed by atoms with van der Waals surface area (Å²) in [5, 5.41) is 5.46. The third kappa shape index (κ3) is 3.87. The number of benzene rings is 1. The van der Waals surface area contributed by atoms with Crippen molar-refractivity contribution in [2.75, 3.05) is 17.2 Å². The second-order valence-corrected chi connectivity index (χ2v) is 4.47. The fourth-order valence-corrected chi connectivity index (χ4v) is 1.74. The van der Waals surface area contributed by atoms with Crippen LogP contribution in [0, 0.1) is 6.92 Å². The first-order chi connectivity index (χ1) is 10.1. The molecule has 0 atom stereocenters. The van der Waals surface area contributed by atoms with Crippen molar-refractivity contribution in [2.24, 2.45) is 5.73 Å². The molecule has 0 fully saturated rings. The van der Waals surface area contributed by atoms with Gasteiger partial charge in [0.1, 0.15) is 0 Å². The number of rotatable bonds is 4. The fraction of sp³-hybridized carbons (Fsp3) is 0.133. The summed E-state index contributed by atoms with van der Waals surface area (Å²) < 4.78 is 0. The lowest BCUT2D eigenvalue weighted by atomic mass is 10.1. The maximum Gasteiger partial charge on any atom is 0.255 e. The van der Waals surface area contributed by atoms with E-state index in [1.807, 2.05) is 13.0 Å². The molecule has 1 aromatic heterocycles. The number of hydrogen-bond acceptors (Lipinski definition) is 4. The summed E-state index contributed by atoms with van der Waals surface area (Å²) >= 11 is 0. The van der Waals surface area contributed by atoms with Crippen LogP contribution < -0.4 is 16.4 Å². The third-order valence-electron chi connectivity index (χ3n) is 2.90. The molecule has 0 saturated carbocycles. The first-order valence-corrected chi connectivity index (χ1v) is 6.42. The number of aryl methyl sites for hydroxylation is 1. The molecule has 21 heavy (non-hydrogen) atoms. The highest BCUT2D eigenvalue weighted by Gasteiger charge is 2.08. The largest absolute Gasteiger partial charge is 0.325 e. The zero-order valence-electron chi connectivity index (χ0n) is 11.6. The van der Waals surface area contributed by atoms with Crippen molar-refractivity contribution in [3.8, 4) is 0 Å². The van der Waals surface area contributed by atoms with Crippen LogP contribution in [0.3, 0.4) is 0 Å². The third-order valence-corrected chi connectivity index (χ3v) is 2.90. The molecule has 0 unspecified atom stereocenters. The molecule has 0 aliphatic carbocycles. The van der Waals surface area contributed by atoms with Gasteiger partial charge in [-0.2, -0.15) is 0 Å². The molecule has 2 aromatic rings. The van der Waals surface area contributed by atoms with Crippen molar-refractivity contribution in [1.29, 1.82) is 0 Å². The van der Waals surface area contributed by atoms with E-state index in [-0.39, 0.29) is 18.4 Å². The van der Waals surface area contributed by atoms with Gasteiger partial charge in [0.15, 0.2) is 0 Å². The lowest BCUT2D eigenvalue weighted by molar-refractivity contribution is -0.114. The second kappa shape index (κ2) is 6.62. The predicted octanol–water partition coefficient (Wildman–Crippen LogP) is 1.54. The Morgan fingerprint density at radius 2 is 1.86 bits per heavy atom. The van der Waals surface area contributed by atoms with Crippen molar-refractivity contribution in [3.63, 3.8) is 0 Å². The maximum atomic E-state index is 12.0. The van der Waals surface area contributed by atoms with E-state index in [0.29, 0.717) is 16.9 Å². The molecule has 2 amide bonds. The van der Waals surface area contributed by atoms with E-state index in [9.17, 15) is 9.59 Å². The van der Waals surface area contributed by atoms with E-state index in [2.05, 4.69) is 15.6 Å². The summed E-state index contributed by atoms with van der Waals surface area (Å²) in [5.41, 5.74) is 7.89. The van der Waals surface area contributed by atoms with Crippen LogP contribution in [0.25, 0.3) is 0 Å². The van der Waals surface area contributed by atoms with Crippen molar-refractivity contribution in [1.82, 2.24) is 4.98 Å². The zero-order valence-corrected chi connectivity index (χ0v) is 11.6. The average Bonchev–Trinajstić information content (AvgIpc) is 2.51.